The van der Waals surface area contributed by atoms with Gasteiger partial charge in [-0.3, -0.25) is 0 Å². The molecule has 0 amide bonds. The third-order valence-electron chi connectivity index (χ3n) is 4.00. The summed E-state index contributed by atoms with van der Waals surface area (Å²) in [5.41, 5.74) is 0.643. The van der Waals surface area contributed by atoms with Gasteiger partial charge in [0.25, 0.3) is 0 Å². The van der Waals surface area contributed by atoms with Gasteiger partial charge in [0.2, 0.25) is 0 Å². The van der Waals surface area contributed by atoms with E-state index in [1.165, 1.54) is 17.4 Å². The Morgan fingerprint density at radius 3 is 2.50 bits per heavy atom. The van der Waals surface area contributed by atoms with Crippen LogP contribution in [0, 0.1) is 11.3 Å². The SMILES string of the molecule is CCCCOc1ccc(-c2ccc(/C=C(\C#N)C(=O)O)s2)c(OCCCC)c1. The highest BCUT2D eigenvalue weighted by atomic mass is 32.1. The molecule has 0 spiro atoms. The van der Waals surface area contributed by atoms with Crippen molar-refractivity contribution in [2.75, 3.05) is 13.2 Å². The maximum atomic E-state index is 11.0. The largest absolute Gasteiger partial charge is 0.493 e. The Bertz CT molecular complexity index is 864. The zero-order chi connectivity index (χ0) is 20.4. The number of benzene rings is 1. The van der Waals surface area contributed by atoms with Gasteiger partial charge in [0.1, 0.15) is 23.1 Å². The molecule has 0 saturated heterocycles. The predicted molar refractivity (Wildman–Crippen MR) is 112 cm³/mol. The molecule has 0 aliphatic heterocycles. The van der Waals surface area contributed by atoms with Crippen LogP contribution >= 0.6 is 11.3 Å². The van der Waals surface area contributed by atoms with Crippen molar-refractivity contribution in [3.8, 4) is 28.0 Å². The van der Waals surface area contributed by atoms with Gasteiger partial charge in [-0.1, -0.05) is 26.7 Å². The maximum Gasteiger partial charge on any atom is 0.346 e. The van der Waals surface area contributed by atoms with E-state index >= 15 is 0 Å². The Kier molecular flexibility index (Phi) is 8.57. The molecule has 1 aromatic carbocycles. The average Bonchev–Trinajstić information content (AvgIpc) is 3.15. The van der Waals surface area contributed by atoms with Gasteiger partial charge < -0.3 is 14.6 Å². The van der Waals surface area contributed by atoms with Gasteiger partial charge in [-0.2, -0.15) is 5.26 Å². The number of hydrogen-bond acceptors (Lipinski definition) is 5. The highest BCUT2D eigenvalue weighted by Crippen LogP contribution is 2.38. The quantitative estimate of drug-likeness (QED) is 0.295. The standard InChI is InChI=1S/C22H25NO4S/c1-3-5-11-26-17-7-9-19(20(14-17)27-12-6-4-2)21-10-8-18(28-21)13-16(15-23)22(24)25/h7-10,13-14H,3-6,11-12H2,1-2H3,(H,24,25)/b16-13+. The van der Waals surface area contributed by atoms with E-state index in [4.69, 9.17) is 19.8 Å². The number of rotatable bonds is 11. The summed E-state index contributed by atoms with van der Waals surface area (Å²) in [6.45, 7) is 5.53. The highest BCUT2D eigenvalue weighted by molar-refractivity contribution is 7.16. The summed E-state index contributed by atoms with van der Waals surface area (Å²) in [5, 5.41) is 18.0. The molecule has 1 heterocycles. The van der Waals surface area contributed by atoms with E-state index in [9.17, 15) is 4.79 Å². The van der Waals surface area contributed by atoms with E-state index in [1.54, 1.807) is 6.07 Å². The second-order valence-corrected chi connectivity index (χ2v) is 7.35. The summed E-state index contributed by atoms with van der Waals surface area (Å²) in [5.74, 6) is 0.297. The van der Waals surface area contributed by atoms with Crippen molar-refractivity contribution in [2.45, 2.75) is 39.5 Å². The Morgan fingerprint density at radius 2 is 1.86 bits per heavy atom. The molecule has 0 fully saturated rings. The zero-order valence-electron chi connectivity index (χ0n) is 16.2. The number of unbranched alkanes of at least 4 members (excludes halogenated alkanes) is 2. The first-order valence-corrected chi connectivity index (χ1v) is 10.3. The number of hydrogen-bond donors (Lipinski definition) is 1. The lowest BCUT2D eigenvalue weighted by Crippen LogP contribution is -2.00. The van der Waals surface area contributed by atoms with E-state index in [1.807, 2.05) is 30.3 Å². The molecule has 0 bridgehead atoms. The second kappa shape index (κ2) is 11.2. The average molecular weight is 400 g/mol. The summed E-state index contributed by atoms with van der Waals surface area (Å²) >= 11 is 1.42. The molecular formula is C22H25NO4S. The number of nitriles is 1. The van der Waals surface area contributed by atoms with Crippen molar-refractivity contribution < 1.29 is 19.4 Å². The molecule has 1 N–H and O–H groups in total. The van der Waals surface area contributed by atoms with Crippen LogP contribution in [-0.4, -0.2) is 24.3 Å². The molecular weight excluding hydrogens is 374 g/mol. The number of carboxylic acids is 1. The number of ether oxygens (including phenoxy) is 2. The molecule has 0 atom stereocenters. The fourth-order valence-corrected chi connectivity index (χ4v) is 3.42. The molecule has 28 heavy (non-hydrogen) atoms. The van der Waals surface area contributed by atoms with Crippen LogP contribution in [0.25, 0.3) is 16.5 Å². The van der Waals surface area contributed by atoms with Gasteiger partial charge in [0.15, 0.2) is 0 Å². The molecule has 5 nitrogen and oxygen atoms in total. The van der Waals surface area contributed by atoms with Crippen LogP contribution in [-0.2, 0) is 4.79 Å². The molecule has 6 heteroatoms. The number of aliphatic carboxylic acids is 1. The van der Waals surface area contributed by atoms with Crippen molar-refractivity contribution in [1.82, 2.24) is 0 Å². The van der Waals surface area contributed by atoms with Crippen LogP contribution in [0.3, 0.4) is 0 Å². The number of nitrogens with zero attached hydrogens (tertiary/aromatic N) is 1. The van der Waals surface area contributed by atoms with Gasteiger partial charge in [-0.25, -0.2) is 4.79 Å². The maximum absolute atomic E-state index is 11.0. The van der Waals surface area contributed by atoms with Gasteiger partial charge in [-0.05, 0) is 43.2 Å². The zero-order valence-corrected chi connectivity index (χ0v) is 17.1. The molecule has 0 unspecified atom stereocenters. The molecule has 1 aromatic heterocycles. The monoisotopic (exact) mass is 399 g/mol. The van der Waals surface area contributed by atoms with Crippen molar-refractivity contribution in [3.63, 3.8) is 0 Å². The highest BCUT2D eigenvalue weighted by Gasteiger charge is 2.12. The molecule has 0 aliphatic carbocycles. The smallest absolute Gasteiger partial charge is 0.346 e. The predicted octanol–water partition coefficient (Wildman–Crippen LogP) is 5.76. The number of carbonyl (C=O) groups is 1. The number of carboxylic acid groups (broad SMARTS) is 1. The van der Waals surface area contributed by atoms with Crippen LogP contribution in [0.2, 0.25) is 0 Å². The Morgan fingerprint density at radius 1 is 1.14 bits per heavy atom. The third kappa shape index (κ3) is 6.14. The Labute approximate surface area is 169 Å². The summed E-state index contributed by atoms with van der Waals surface area (Å²) in [4.78, 5) is 12.7. The minimum absolute atomic E-state index is 0.285. The topological polar surface area (TPSA) is 79.5 Å². The minimum atomic E-state index is -1.23. The summed E-state index contributed by atoms with van der Waals surface area (Å²) in [6.07, 6.45) is 5.46. The van der Waals surface area contributed by atoms with Crippen LogP contribution in [0.5, 0.6) is 11.5 Å². The summed E-state index contributed by atoms with van der Waals surface area (Å²) in [7, 11) is 0. The van der Waals surface area contributed by atoms with Crippen LogP contribution < -0.4 is 9.47 Å². The Balaban J connectivity index is 2.30. The second-order valence-electron chi connectivity index (χ2n) is 6.24. The fourth-order valence-electron chi connectivity index (χ4n) is 2.44. The van der Waals surface area contributed by atoms with Gasteiger partial charge in [-0.15, -0.1) is 11.3 Å². The molecule has 0 radical (unpaired) electrons. The number of thiophene rings is 1. The first kappa shape index (κ1) is 21.5. The van der Waals surface area contributed by atoms with Crippen molar-refractivity contribution in [3.05, 3.63) is 40.8 Å². The molecule has 2 aromatic rings. The molecule has 0 aliphatic rings. The van der Waals surface area contributed by atoms with Gasteiger partial charge in [0.05, 0.1) is 13.2 Å². The van der Waals surface area contributed by atoms with Crippen LogP contribution in [0.1, 0.15) is 44.4 Å². The van der Waals surface area contributed by atoms with E-state index in [0.29, 0.717) is 18.1 Å². The lowest BCUT2D eigenvalue weighted by atomic mass is 10.1. The normalized spacial score (nSPS) is 11.1. The van der Waals surface area contributed by atoms with Crippen molar-refractivity contribution >= 4 is 23.4 Å². The van der Waals surface area contributed by atoms with E-state index in [0.717, 1.165) is 47.6 Å². The molecule has 2 rings (SSSR count). The summed E-state index contributed by atoms with van der Waals surface area (Å²) in [6, 6.07) is 11.2. The van der Waals surface area contributed by atoms with E-state index in [2.05, 4.69) is 13.8 Å². The van der Waals surface area contributed by atoms with Crippen LogP contribution in [0.4, 0.5) is 0 Å². The molecule has 0 saturated carbocycles. The third-order valence-corrected chi connectivity index (χ3v) is 5.07. The van der Waals surface area contributed by atoms with Crippen LogP contribution in [0.15, 0.2) is 35.9 Å². The van der Waals surface area contributed by atoms with Gasteiger partial charge >= 0.3 is 5.97 Å². The minimum Gasteiger partial charge on any atom is -0.493 e. The van der Waals surface area contributed by atoms with Crippen molar-refractivity contribution in [1.29, 1.82) is 5.26 Å². The van der Waals surface area contributed by atoms with Gasteiger partial charge in [0, 0.05) is 21.4 Å². The lowest BCUT2D eigenvalue weighted by Gasteiger charge is -2.13. The lowest BCUT2D eigenvalue weighted by molar-refractivity contribution is -0.132. The summed E-state index contributed by atoms with van der Waals surface area (Å²) < 4.78 is 11.8. The van der Waals surface area contributed by atoms with E-state index in [-0.39, 0.29) is 5.57 Å². The fraction of sp³-hybridized carbons (Fsp3) is 0.364. The van der Waals surface area contributed by atoms with Crippen molar-refractivity contribution in [2.24, 2.45) is 0 Å². The molecule has 148 valence electrons. The first-order chi connectivity index (χ1) is 13.6. The van der Waals surface area contributed by atoms with E-state index < -0.39 is 5.97 Å². The Hall–Kier alpha value is -2.78. The first-order valence-electron chi connectivity index (χ1n) is 9.44.